The second kappa shape index (κ2) is 2.37. The van der Waals surface area contributed by atoms with Gasteiger partial charge in [-0.1, -0.05) is 0 Å². The SMILES string of the molecule is CN1CCCN2C(=O)OC[C@@H]12. The molecule has 1 atom stereocenters. The Morgan fingerprint density at radius 3 is 3.09 bits per heavy atom. The van der Waals surface area contributed by atoms with Crippen molar-refractivity contribution in [3.05, 3.63) is 0 Å². The van der Waals surface area contributed by atoms with Gasteiger partial charge in [0.25, 0.3) is 0 Å². The highest BCUT2D eigenvalue weighted by molar-refractivity contribution is 5.70. The number of cyclic esters (lactones) is 1. The lowest BCUT2D eigenvalue weighted by molar-refractivity contribution is 0.0798. The topological polar surface area (TPSA) is 32.8 Å². The third-order valence-corrected chi connectivity index (χ3v) is 2.37. The van der Waals surface area contributed by atoms with E-state index >= 15 is 0 Å². The van der Waals surface area contributed by atoms with Crippen LogP contribution in [0.5, 0.6) is 0 Å². The maximum atomic E-state index is 11.0. The van der Waals surface area contributed by atoms with Gasteiger partial charge in [-0.2, -0.15) is 0 Å². The van der Waals surface area contributed by atoms with Crippen LogP contribution in [-0.2, 0) is 4.74 Å². The van der Waals surface area contributed by atoms with Gasteiger partial charge < -0.3 is 4.74 Å². The molecule has 62 valence electrons. The quantitative estimate of drug-likeness (QED) is 0.498. The lowest BCUT2D eigenvalue weighted by Gasteiger charge is -2.34. The molecule has 0 unspecified atom stereocenters. The fourth-order valence-electron chi connectivity index (χ4n) is 1.69. The predicted octanol–water partition coefficient (Wildman–Crippen LogP) is 0.100. The Kier molecular flexibility index (Phi) is 1.49. The van der Waals surface area contributed by atoms with E-state index in [1.807, 2.05) is 7.05 Å². The average molecular weight is 156 g/mol. The number of amides is 1. The lowest BCUT2D eigenvalue weighted by atomic mass is 10.2. The monoisotopic (exact) mass is 156 g/mol. The molecule has 0 aromatic heterocycles. The number of carbonyl (C=O) groups excluding carboxylic acids is 1. The molecule has 11 heavy (non-hydrogen) atoms. The van der Waals surface area contributed by atoms with Crippen molar-refractivity contribution in [2.45, 2.75) is 12.6 Å². The molecule has 0 aliphatic carbocycles. The van der Waals surface area contributed by atoms with E-state index in [9.17, 15) is 4.79 Å². The van der Waals surface area contributed by atoms with Crippen LogP contribution in [0.4, 0.5) is 4.79 Å². The molecule has 0 aromatic carbocycles. The smallest absolute Gasteiger partial charge is 0.411 e. The summed E-state index contributed by atoms with van der Waals surface area (Å²) in [5.41, 5.74) is 0. The van der Waals surface area contributed by atoms with Gasteiger partial charge >= 0.3 is 6.09 Å². The highest BCUT2D eigenvalue weighted by atomic mass is 16.6. The van der Waals surface area contributed by atoms with Gasteiger partial charge in [-0.15, -0.1) is 0 Å². The van der Waals surface area contributed by atoms with E-state index in [0.29, 0.717) is 6.61 Å². The van der Waals surface area contributed by atoms with E-state index in [0.717, 1.165) is 19.5 Å². The third-order valence-electron chi connectivity index (χ3n) is 2.37. The van der Waals surface area contributed by atoms with Crippen LogP contribution < -0.4 is 0 Å². The summed E-state index contributed by atoms with van der Waals surface area (Å²) in [4.78, 5) is 15.0. The van der Waals surface area contributed by atoms with Crippen molar-refractivity contribution in [1.29, 1.82) is 0 Å². The molecule has 0 N–H and O–H groups in total. The summed E-state index contributed by atoms with van der Waals surface area (Å²) in [5, 5.41) is 0. The first kappa shape index (κ1) is 6.91. The number of hydrogen-bond donors (Lipinski definition) is 0. The van der Waals surface area contributed by atoms with Crippen molar-refractivity contribution in [2.24, 2.45) is 0 Å². The summed E-state index contributed by atoms with van der Waals surface area (Å²) in [5.74, 6) is 0. The summed E-state index contributed by atoms with van der Waals surface area (Å²) < 4.78 is 4.92. The minimum atomic E-state index is -0.151. The zero-order valence-electron chi connectivity index (χ0n) is 6.62. The molecule has 2 fully saturated rings. The van der Waals surface area contributed by atoms with E-state index in [2.05, 4.69) is 4.90 Å². The van der Waals surface area contributed by atoms with Gasteiger partial charge in [0.1, 0.15) is 12.8 Å². The van der Waals surface area contributed by atoms with E-state index in [1.54, 1.807) is 4.90 Å². The Hall–Kier alpha value is -0.770. The van der Waals surface area contributed by atoms with Gasteiger partial charge in [0.05, 0.1) is 0 Å². The van der Waals surface area contributed by atoms with Gasteiger partial charge in [0, 0.05) is 13.1 Å². The molecule has 0 saturated carbocycles. The van der Waals surface area contributed by atoms with E-state index < -0.39 is 0 Å². The van der Waals surface area contributed by atoms with Crippen LogP contribution in [0.15, 0.2) is 0 Å². The maximum Gasteiger partial charge on any atom is 0.411 e. The lowest BCUT2D eigenvalue weighted by Crippen LogP contribution is -2.50. The Morgan fingerprint density at radius 2 is 2.36 bits per heavy atom. The Labute approximate surface area is 65.7 Å². The molecule has 2 aliphatic rings. The van der Waals surface area contributed by atoms with E-state index in [4.69, 9.17) is 4.74 Å². The van der Waals surface area contributed by atoms with Crippen LogP contribution in [0, 0.1) is 0 Å². The molecular weight excluding hydrogens is 144 g/mol. The number of ether oxygens (including phenoxy) is 1. The molecule has 0 aromatic rings. The van der Waals surface area contributed by atoms with Crippen molar-refractivity contribution < 1.29 is 9.53 Å². The number of carbonyl (C=O) groups is 1. The number of likely N-dealkylation sites (N-methyl/N-ethyl adjacent to an activating group) is 1. The highest BCUT2D eigenvalue weighted by Gasteiger charge is 2.37. The fraction of sp³-hybridized carbons (Fsp3) is 0.857. The molecule has 2 saturated heterocycles. The van der Waals surface area contributed by atoms with Crippen LogP contribution in [0.1, 0.15) is 6.42 Å². The van der Waals surface area contributed by atoms with E-state index in [-0.39, 0.29) is 12.3 Å². The first-order valence-electron chi connectivity index (χ1n) is 3.92. The van der Waals surface area contributed by atoms with Crippen LogP contribution >= 0.6 is 0 Å². The van der Waals surface area contributed by atoms with Crippen molar-refractivity contribution >= 4 is 6.09 Å². The van der Waals surface area contributed by atoms with Crippen molar-refractivity contribution in [3.8, 4) is 0 Å². The molecule has 2 rings (SSSR count). The zero-order chi connectivity index (χ0) is 7.84. The third kappa shape index (κ3) is 0.976. The number of fused-ring (bicyclic) bond motifs is 1. The molecule has 0 bridgehead atoms. The fourth-order valence-corrected chi connectivity index (χ4v) is 1.69. The van der Waals surface area contributed by atoms with Crippen LogP contribution in [0.2, 0.25) is 0 Å². The van der Waals surface area contributed by atoms with Crippen molar-refractivity contribution in [2.75, 3.05) is 26.7 Å². The summed E-state index contributed by atoms with van der Waals surface area (Å²) in [6, 6.07) is 0. The minimum Gasteiger partial charge on any atom is -0.446 e. The summed E-state index contributed by atoms with van der Waals surface area (Å²) >= 11 is 0. The Morgan fingerprint density at radius 1 is 1.55 bits per heavy atom. The average Bonchev–Trinajstić information content (AvgIpc) is 2.35. The summed E-state index contributed by atoms with van der Waals surface area (Å²) in [6.45, 7) is 2.46. The van der Waals surface area contributed by atoms with Crippen LogP contribution in [-0.4, -0.2) is 48.8 Å². The van der Waals surface area contributed by atoms with Crippen molar-refractivity contribution in [3.63, 3.8) is 0 Å². The van der Waals surface area contributed by atoms with Gasteiger partial charge in [0.15, 0.2) is 0 Å². The van der Waals surface area contributed by atoms with Gasteiger partial charge in [-0.3, -0.25) is 9.80 Å². The molecule has 0 radical (unpaired) electrons. The number of rotatable bonds is 0. The first-order valence-corrected chi connectivity index (χ1v) is 3.92. The van der Waals surface area contributed by atoms with E-state index in [1.165, 1.54) is 0 Å². The van der Waals surface area contributed by atoms with Crippen LogP contribution in [0.3, 0.4) is 0 Å². The van der Waals surface area contributed by atoms with Crippen molar-refractivity contribution in [1.82, 2.24) is 9.80 Å². The summed E-state index contributed by atoms with van der Waals surface area (Å²) in [7, 11) is 2.03. The molecule has 0 spiro atoms. The zero-order valence-corrected chi connectivity index (χ0v) is 6.62. The molecule has 4 nitrogen and oxygen atoms in total. The minimum absolute atomic E-state index is 0.151. The molecule has 4 heteroatoms. The first-order chi connectivity index (χ1) is 5.29. The molecule has 1 amide bonds. The molecule has 2 heterocycles. The Balaban J connectivity index is 2.12. The highest BCUT2D eigenvalue weighted by Crippen LogP contribution is 2.19. The normalized spacial score (nSPS) is 31.9. The van der Waals surface area contributed by atoms with Gasteiger partial charge in [0.2, 0.25) is 0 Å². The number of hydrogen-bond acceptors (Lipinski definition) is 3. The second-order valence-corrected chi connectivity index (χ2v) is 3.09. The second-order valence-electron chi connectivity index (χ2n) is 3.09. The predicted molar refractivity (Wildman–Crippen MR) is 39.1 cm³/mol. The number of nitrogens with zero attached hydrogens (tertiary/aromatic N) is 2. The maximum absolute atomic E-state index is 11.0. The molecular formula is C7H12N2O2. The van der Waals surface area contributed by atoms with Crippen LogP contribution in [0.25, 0.3) is 0 Å². The molecule has 2 aliphatic heterocycles. The van der Waals surface area contributed by atoms with Gasteiger partial charge in [-0.25, -0.2) is 4.79 Å². The largest absolute Gasteiger partial charge is 0.446 e. The Bertz CT molecular complexity index is 183. The standard InChI is InChI=1S/C7H12N2O2/c1-8-3-2-4-9-6(8)5-11-7(9)10/h6H,2-5H2,1H3/t6-/m0/s1. The van der Waals surface area contributed by atoms with Gasteiger partial charge in [-0.05, 0) is 13.5 Å². The summed E-state index contributed by atoms with van der Waals surface area (Å²) in [6.07, 6.45) is 1.11.